The first-order valence-electron chi connectivity index (χ1n) is 5.81. The van der Waals surface area contributed by atoms with Crippen molar-refractivity contribution in [2.45, 2.75) is 29.4 Å². The average molecular weight is 265 g/mol. The van der Waals surface area contributed by atoms with Gasteiger partial charge < -0.3 is 4.74 Å². The van der Waals surface area contributed by atoms with Crippen molar-refractivity contribution in [3.05, 3.63) is 24.3 Å². The van der Waals surface area contributed by atoms with Gasteiger partial charge in [-0.05, 0) is 36.6 Å². The monoisotopic (exact) mass is 265 g/mol. The highest BCUT2D eigenvalue weighted by Gasteiger charge is 2.64. The van der Waals surface area contributed by atoms with Gasteiger partial charge >= 0.3 is 0 Å². The van der Waals surface area contributed by atoms with E-state index in [4.69, 9.17) is 4.74 Å². The zero-order chi connectivity index (χ0) is 13.4. The van der Waals surface area contributed by atoms with Crippen molar-refractivity contribution in [1.29, 1.82) is 5.26 Å². The maximum atomic E-state index is 12.5. The second kappa shape index (κ2) is 4.29. The molecule has 1 fully saturated rings. The van der Waals surface area contributed by atoms with E-state index in [1.54, 1.807) is 12.1 Å². The van der Waals surface area contributed by atoms with Crippen LogP contribution >= 0.6 is 0 Å². The summed E-state index contributed by atoms with van der Waals surface area (Å²) in [5.41, 5.74) is 0. The summed E-state index contributed by atoms with van der Waals surface area (Å²) in [4.78, 5) is 0.195. The molecule has 2 unspecified atom stereocenters. The van der Waals surface area contributed by atoms with Crippen LogP contribution in [0.4, 0.5) is 0 Å². The van der Waals surface area contributed by atoms with Gasteiger partial charge in [0.25, 0.3) is 0 Å². The molecular formula is C13H15NO3S. The van der Waals surface area contributed by atoms with Gasteiger partial charge in [-0.1, -0.05) is 13.3 Å². The molecule has 4 nitrogen and oxygen atoms in total. The molecule has 5 heteroatoms. The third kappa shape index (κ3) is 1.68. The van der Waals surface area contributed by atoms with Gasteiger partial charge in [0.15, 0.2) is 14.6 Å². The Morgan fingerprint density at radius 3 is 2.44 bits per heavy atom. The third-order valence-electron chi connectivity index (χ3n) is 3.58. The summed E-state index contributed by atoms with van der Waals surface area (Å²) >= 11 is 0. The quantitative estimate of drug-likeness (QED) is 0.836. The molecule has 18 heavy (non-hydrogen) atoms. The van der Waals surface area contributed by atoms with Gasteiger partial charge in [-0.3, -0.25) is 0 Å². The molecule has 0 heterocycles. The van der Waals surface area contributed by atoms with Gasteiger partial charge in [0.05, 0.1) is 18.1 Å². The van der Waals surface area contributed by atoms with E-state index in [-0.39, 0.29) is 10.8 Å². The fourth-order valence-electron chi connectivity index (χ4n) is 2.27. The summed E-state index contributed by atoms with van der Waals surface area (Å²) in [5, 5.41) is 9.20. The second-order valence-electron chi connectivity index (χ2n) is 4.49. The van der Waals surface area contributed by atoms with Crippen LogP contribution in [0.15, 0.2) is 29.2 Å². The zero-order valence-electron chi connectivity index (χ0n) is 10.4. The molecule has 0 bridgehead atoms. The number of hydrogen-bond acceptors (Lipinski definition) is 4. The van der Waals surface area contributed by atoms with Crippen LogP contribution in [0.25, 0.3) is 0 Å². The number of ether oxygens (including phenoxy) is 1. The van der Waals surface area contributed by atoms with Crippen LogP contribution in [0.2, 0.25) is 0 Å². The van der Waals surface area contributed by atoms with Crippen LogP contribution in [0.1, 0.15) is 19.8 Å². The first kappa shape index (κ1) is 12.9. The van der Waals surface area contributed by atoms with E-state index in [2.05, 4.69) is 0 Å². The van der Waals surface area contributed by atoms with Crippen LogP contribution in [-0.2, 0) is 9.84 Å². The van der Waals surface area contributed by atoms with Crippen LogP contribution < -0.4 is 4.74 Å². The van der Waals surface area contributed by atoms with Crippen molar-refractivity contribution >= 4 is 9.84 Å². The summed E-state index contributed by atoms with van der Waals surface area (Å²) in [5.74, 6) is 0.553. The van der Waals surface area contributed by atoms with Crippen LogP contribution in [-0.4, -0.2) is 20.3 Å². The van der Waals surface area contributed by atoms with Crippen molar-refractivity contribution in [2.75, 3.05) is 7.11 Å². The van der Waals surface area contributed by atoms with Gasteiger partial charge in [0.1, 0.15) is 5.75 Å². The Morgan fingerprint density at radius 2 is 2.06 bits per heavy atom. The minimum atomic E-state index is -3.58. The first-order chi connectivity index (χ1) is 8.51. The van der Waals surface area contributed by atoms with E-state index in [1.165, 1.54) is 19.2 Å². The molecule has 0 spiro atoms. The van der Waals surface area contributed by atoms with Crippen LogP contribution in [0.5, 0.6) is 5.75 Å². The van der Waals surface area contributed by atoms with E-state index in [0.717, 1.165) is 0 Å². The molecule has 2 rings (SSSR count). The van der Waals surface area contributed by atoms with Gasteiger partial charge in [-0.2, -0.15) is 5.26 Å². The normalized spacial score (nSPS) is 26.4. The maximum Gasteiger partial charge on any atom is 0.197 e. The molecule has 1 aliphatic carbocycles. The van der Waals surface area contributed by atoms with Crippen molar-refractivity contribution in [1.82, 2.24) is 0 Å². The predicted octanol–water partition coefficient (Wildman–Crippen LogP) is 2.16. The van der Waals surface area contributed by atoms with Crippen LogP contribution in [0, 0.1) is 17.2 Å². The summed E-state index contributed by atoms with van der Waals surface area (Å²) in [6, 6.07) is 8.20. The topological polar surface area (TPSA) is 67.2 Å². The smallest absolute Gasteiger partial charge is 0.197 e. The van der Waals surface area contributed by atoms with E-state index < -0.39 is 14.6 Å². The van der Waals surface area contributed by atoms with Crippen LogP contribution in [0.3, 0.4) is 0 Å². The molecule has 96 valence electrons. The lowest BCUT2D eigenvalue weighted by molar-refractivity contribution is 0.414. The second-order valence-corrected chi connectivity index (χ2v) is 6.70. The molecule has 1 aliphatic rings. The molecule has 0 radical (unpaired) electrons. The largest absolute Gasteiger partial charge is 0.497 e. The van der Waals surface area contributed by atoms with E-state index in [0.29, 0.717) is 18.6 Å². The number of hydrogen-bond donors (Lipinski definition) is 0. The molecule has 1 saturated carbocycles. The highest BCUT2D eigenvalue weighted by molar-refractivity contribution is 7.93. The Balaban J connectivity index is 2.40. The number of nitriles is 1. The SMILES string of the molecule is CCC1CC1(C#N)S(=O)(=O)c1ccc(OC)cc1. The maximum absolute atomic E-state index is 12.5. The number of nitrogens with zero attached hydrogens (tertiary/aromatic N) is 1. The summed E-state index contributed by atoms with van der Waals surface area (Å²) in [6.45, 7) is 1.91. The summed E-state index contributed by atoms with van der Waals surface area (Å²) < 4.78 is 28.7. The average Bonchev–Trinajstić information content (AvgIpc) is 3.14. The van der Waals surface area contributed by atoms with Gasteiger partial charge in [0.2, 0.25) is 0 Å². The van der Waals surface area contributed by atoms with Gasteiger partial charge in [-0.25, -0.2) is 8.42 Å². The van der Waals surface area contributed by atoms with Crippen molar-refractivity contribution < 1.29 is 13.2 Å². The Morgan fingerprint density at radius 1 is 1.44 bits per heavy atom. The van der Waals surface area contributed by atoms with Gasteiger partial charge in [-0.15, -0.1) is 0 Å². The molecule has 1 aromatic rings. The number of rotatable bonds is 4. The van der Waals surface area contributed by atoms with E-state index in [1.807, 2.05) is 13.0 Å². The zero-order valence-corrected chi connectivity index (χ0v) is 11.2. The van der Waals surface area contributed by atoms with Crippen molar-refractivity contribution in [2.24, 2.45) is 5.92 Å². The standard InChI is InChI=1S/C13H15NO3S/c1-3-10-8-13(10,9-14)18(15,16)12-6-4-11(17-2)5-7-12/h4-7,10H,3,8H2,1-2H3. The predicted molar refractivity (Wildman–Crippen MR) is 66.9 cm³/mol. The number of sulfone groups is 1. The molecule has 0 aliphatic heterocycles. The number of methoxy groups -OCH3 is 1. The van der Waals surface area contributed by atoms with Gasteiger partial charge in [0, 0.05) is 0 Å². The highest BCUT2D eigenvalue weighted by Crippen LogP contribution is 2.53. The lowest BCUT2D eigenvalue weighted by atomic mass is 10.3. The fourth-order valence-corrected chi connectivity index (χ4v) is 4.33. The van der Waals surface area contributed by atoms with E-state index >= 15 is 0 Å². The fraction of sp³-hybridized carbons (Fsp3) is 0.462. The summed E-state index contributed by atoms with van der Waals surface area (Å²) in [6.07, 6.45) is 1.15. The molecule has 0 amide bonds. The highest BCUT2D eigenvalue weighted by atomic mass is 32.2. The minimum absolute atomic E-state index is 0.0467. The van der Waals surface area contributed by atoms with Crippen molar-refractivity contribution in [3.63, 3.8) is 0 Å². The van der Waals surface area contributed by atoms with Crippen molar-refractivity contribution in [3.8, 4) is 11.8 Å². The Hall–Kier alpha value is -1.54. The number of benzene rings is 1. The van der Waals surface area contributed by atoms with E-state index in [9.17, 15) is 13.7 Å². The summed E-state index contributed by atoms with van der Waals surface area (Å²) in [7, 11) is -2.06. The molecule has 1 aromatic carbocycles. The Labute approximate surface area is 107 Å². The Bertz CT molecular complexity index is 586. The molecule has 0 N–H and O–H groups in total. The first-order valence-corrected chi connectivity index (χ1v) is 7.30. The molecule has 2 atom stereocenters. The molecule has 0 saturated heterocycles. The lowest BCUT2D eigenvalue weighted by Gasteiger charge is -2.10. The molecule has 0 aromatic heterocycles. The third-order valence-corrected chi connectivity index (χ3v) is 6.02. The Kier molecular flexibility index (Phi) is 3.07. The lowest BCUT2D eigenvalue weighted by Crippen LogP contribution is -2.24. The minimum Gasteiger partial charge on any atom is -0.497 e. The molecular weight excluding hydrogens is 250 g/mol.